The van der Waals surface area contributed by atoms with Crippen LogP contribution in [0.4, 0.5) is 0 Å². The fraction of sp³-hybridized carbons (Fsp3) is 1.00. The lowest BCUT2D eigenvalue weighted by Gasteiger charge is -2.19. The van der Waals surface area contributed by atoms with Crippen molar-refractivity contribution in [2.75, 3.05) is 0 Å². The van der Waals surface area contributed by atoms with Crippen LogP contribution in [0.2, 0.25) is 0 Å². The van der Waals surface area contributed by atoms with E-state index in [2.05, 4.69) is 13.8 Å². The van der Waals surface area contributed by atoms with Crippen LogP contribution in [0, 0.1) is 11.8 Å². The molecule has 108 valence electrons. The third-order valence-electron chi connectivity index (χ3n) is 4.83. The molecule has 0 nitrogen and oxygen atoms in total. The molecule has 2 atom stereocenters. The summed E-state index contributed by atoms with van der Waals surface area (Å²) in [6.07, 6.45) is 20.8. The first-order valence-electron chi connectivity index (χ1n) is 8.83. The Morgan fingerprint density at radius 1 is 0.722 bits per heavy atom. The molecule has 1 rings (SSSR count). The van der Waals surface area contributed by atoms with Gasteiger partial charge < -0.3 is 0 Å². The largest absolute Gasteiger partial charge is 0.0654 e. The molecule has 0 bridgehead atoms. The molecular weight excluding hydrogens is 216 g/mol. The molecule has 0 radical (unpaired) electrons. The van der Waals surface area contributed by atoms with Gasteiger partial charge in [-0.15, -0.1) is 0 Å². The van der Waals surface area contributed by atoms with Crippen LogP contribution in [0.15, 0.2) is 0 Å². The summed E-state index contributed by atoms with van der Waals surface area (Å²) in [5.74, 6) is 2.05. The lowest BCUT2D eigenvalue weighted by Crippen LogP contribution is -2.03. The summed E-state index contributed by atoms with van der Waals surface area (Å²) < 4.78 is 0. The van der Waals surface area contributed by atoms with Gasteiger partial charge in [0.1, 0.15) is 0 Å². The normalized spacial score (nSPS) is 28.3. The van der Waals surface area contributed by atoms with Crippen LogP contribution in [-0.4, -0.2) is 0 Å². The minimum absolute atomic E-state index is 0.989. The maximum atomic E-state index is 2.46. The van der Waals surface area contributed by atoms with Gasteiger partial charge in [-0.2, -0.15) is 0 Å². The van der Waals surface area contributed by atoms with Crippen molar-refractivity contribution in [3.63, 3.8) is 0 Å². The topological polar surface area (TPSA) is 0 Å². The van der Waals surface area contributed by atoms with Crippen LogP contribution in [0.5, 0.6) is 0 Å². The zero-order valence-electron chi connectivity index (χ0n) is 13.1. The van der Waals surface area contributed by atoms with Crippen molar-refractivity contribution in [1.29, 1.82) is 0 Å². The summed E-state index contributed by atoms with van der Waals surface area (Å²) in [4.78, 5) is 0. The second-order valence-electron chi connectivity index (χ2n) is 6.74. The molecule has 1 saturated carbocycles. The molecule has 0 aliphatic heterocycles. The zero-order valence-corrected chi connectivity index (χ0v) is 13.1. The number of hydrogen-bond donors (Lipinski definition) is 0. The van der Waals surface area contributed by atoms with E-state index in [1.54, 1.807) is 0 Å². The van der Waals surface area contributed by atoms with Crippen molar-refractivity contribution in [3.05, 3.63) is 0 Å². The fourth-order valence-corrected chi connectivity index (χ4v) is 3.47. The minimum atomic E-state index is 0.989. The zero-order chi connectivity index (χ0) is 13.1. The predicted octanol–water partition coefficient (Wildman–Crippen LogP) is 6.73. The first-order valence-corrected chi connectivity index (χ1v) is 8.83. The standard InChI is InChI=1S/C18H36/c1-3-4-7-14-18-15-9-6-5-8-12-17(2)13-10-11-16-18/h17-18H,3-16H2,1-2H3. The number of rotatable bonds is 4. The van der Waals surface area contributed by atoms with E-state index in [1.165, 1.54) is 89.9 Å². The lowest BCUT2D eigenvalue weighted by atomic mass is 9.87. The third-order valence-corrected chi connectivity index (χ3v) is 4.83. The Kier molecular flexibility index (Phi) is 9.70. The van der Waals surface area contributed by atoms with E-state index in [4.69, 9.17) is 0 Å². The molecule has 0 heteroatoms. The summed E-state index contributed by atoms with van der Waals surface area (Å²) in [5.41, 5.74) is 0. The molecular formula is C18H36. The second-order valence-corrected chi connectivity index (χ2v) is 6.74. The van der Waals surface area contributed by atoms with Crippen LogP contribution in [0.1, 0.15) is 104 Å². The highest BCUT2D eigenvalue weighted by Gasteiger charge is 2.10. The molecule has 0 aromatic carbocycles. The maximum absolute atomic E-state index is 2.46. The van der Waals surface area contributed by atoms with E-state index in [0.717, 1.165) is 11.8 Å². The van der Waals surface area contributed by atoms with E-state index in [-0.39, 0.29) is 0 Å². The Hall–Kier alpha value is 0. The van der Waals surface area contributed by atoms with Gasteiger partial charge in [0, 0.05) is 0 Å². The van der Waals surface area contributed by atoms with Gasteiger partial charge in [0.25, 0.3) is 0 Å². The number of hydrogen-bond acceptors (Lipinski definition) is 0. The van der Waals surface area contributed by atoms with E-state index in [0.29, 0.717) is 0 Å². The quantitative estimate of drug-likeness (QED) is 0.486. The van der Waals surface area contributed by atoms with Gasteiger partial charge in [-0.3, -0.25) is 0 Å². The van der Waals surface area contributed by atoms with Gasteiger partial charge in [-0.05, 0) is 11.8 Å². The smallest absolute Gasteiger partial charge is 0.0414 e. The summed E-state index contributed by atoms with van der Waals surface area (Å²) in [5, 5.41) is 0. The Bertz CT molecular complexity index is 173. The van der Waals surface area contributed by atoms with Crippen molar-refractivity contribution in [2.24, 2.45) is 11.8 Å². The van der Waals surface area contributed by atoms with Crippen molar-refractivity contribution in [2.45, 2.75) is 104 Å². The molecule has 0 aromatic rings. The van der Waals surface area contributed by atoms with Crippen LogP contribution in [-0.2, 0) is 0 Å². The predicted molar refractivity (Wildman–Crippen MR) is 83.0 cm³/mol. The lowest BCUT2D eigenvalue weighted by molar-refractivity contribution is 0.346. The SMILES string of the molecule is CCCCCC1CCCCCCC(C)CCCC1. The molecule has 0 heterocycles. The van der Waals surface area contributed by atoms with Gasteiger partial charge in [-0.1, -0.05) is 104 Å². The van der Waals surface area contributed by atoms with Crippen LogP contribution < -0.4 is 0 Å². The summed E-state index contributed by atoms with van der Waals surface area (Å²) >= 11 is 0. The van der Waals surface area contributed by atoms with E-state index in [1.807, 2.05) is 0 Å². The van der Waals surface area contributed by atoms with Crippen LogP contribution in [0.3, 0.4) is 0 Å². The Morgan fingerprint density at radius 2 is 1.28 bits per heavy atom. The van der Waals surface area contributed by atoms with Crippen molar-refractivity contribution in [1.82, 2.24) is 0 Å². The molecule has 1 aliphatic carbocycles. The molecule has 0 spiro atoms. The van der Waals surface area contributed by atoms with E-state index in [9.17, 15) is 0 Å². The van der Waals surface area contributed by atoms with Crippen molar-refractivity contribution in [3.8, 4) is 0 Å². The summed E-state index contributed by atoms with van der Waals surface area (Å²) in [6, 6.07) is 0. The van der Waals surface area contributed by atoms with Crippen LogP contribution in [0.25, 0.3) is 0 Å². The Labute approximate surface area is 116 Å². The van der Waals surface area contributed by atoms with Crippen molar-refractivity contribution < 1.29 is 0 Å². The average molecular weight is 252 g/mol. The van der Waals surface area contributed by atoms with E-state index < -0.39 is 0 Å². The summed E-state index contributed by atoms with van der Waals surface area (Å²) in [6.45, 7) is 4.78. The van der Waals surface area contributed by atoms with E-state index >= 15 is 0 Å². The van der Waals surface area contributed by atoms with Crippen LogP contribution >= 0.6 is 0 Å². The van der Waals surface area contributed by atoms with Gasteiger partial charge in [0.15, 0.2) is 0 Å². The highest BCUT2D eigenvalue weighted by Crippen LogP contribution is 2.26. The fourth-order valence-electron chi connectivity index (χ4n) is 3.47. The van der Waals surface area contributed by atoms with Crippen molar-refractivity contribution >= 4 is 0 Å². The first kappa shape index (κ1) is 16.1. The second kappa shape index (κ2) is 10.9. The van der Waals surface area contributed by atoms with Gasteiger partial charge in [-0.25, -0.2) is 0 Å². The molecule has 1 aliphatic rings. The number of unbranched alkanes of at least 4 members (excludes halogenated alkanes) is 2. The van der Waals surface area contributed by atoms with Gasteiger partial charge >= 0.3 is 0 Å². The molecule has 0 N–H and O–H groups in total. The molecule has 1 fully saturated rings. The molecule has 2 unspecified atom stereocenters. The molecule has 0 amide bonds. The molecule has 18 heavy (non-hydrogen) atoms. The average Bonchev–Trinajstić information content (AvgIpc) is 2.36. The molecule has 0 saturated heterocycles. The third kappa shape index (κ3) is 8.16. The monoisotopic (exact) mass is 252 g/mol. The Balaban J connectivity index is 2.23. The molecule has 0 aromatic heterocycles. The highest BCUT2D eigenvalue weighted by molar-refractivity contribution is 4.64. The van der Waals surface area contributed by atoms with Gasteiger partial charge in [0.05, 0.1) is 0 Å². The first-order chi connectivity index (χ1) is 8.83. The minimum Gasteiger partial charge on any atom is -0.0654 e. The summed E-state index contributed by atoms with van der Waals surface area (Å²) in [7, 11) is 0. The maximum Gasteiger partial charge on any atom is -0.0414 e. The Morgan fingerprint density at radius 3 is 1.94 bits per heavy atom. The highest BCUT2D eigenvalue weighted by atomic mass is 14.2. The van der Waals surface area contributed by atoms with Gasteiger partial charge in [0.2, 0.25) is 0 Å².